The molecule has 3 atom stereocenters. The normalized spacial score (nSPS) is 29.2. The number of nitrogens with zero attached hydrogens (tertiary/aromatic N) is 1. The van der Waals surface area contributed by atoms with Crippen LogP contribution in [0.3, 0.4) is 0 Å². The highest BCUT2D eigenvalue weighted by molar-refractivity contribution is 7.89. The molecule has 1 N–H and O–H groups in total. The van der Waals surface area contributed by atoms with Gasteiger partial charge >= 0.3 is 0 Å². The SMILES string of the molecule is O=S(=O)(NC1C2CCC1C1(CC1)c1ccccc1C2)c1cccnc1. The second-order valence-corrected chi connectivity index (χ2v) is 9.51. The van der Waals surface area contributed by atoms with Crippen molar-refractivity contribution in [1.29, 1.82) is 0 Å². The largest absolute Gasteiger partial charge is 0.263 e. The first-order valence-electron chi connectivity index (χ1n) is 9.11. The minimum atomic E-state index is -3.52. The maximum atomic E-state index is 12.9. The van der Waals surface area contributed by atoms with E-state index in [1.54, 1.807) is 18.3 Å². The molecule has 1 heterocycles. The summed E-state index contributed by atoms with van der Waals surface area (Å²) in [6.07, 6.45) is 8.63. The maximum absolute atomic E-state index is 12.9. The number of rotatable bonds is 3. The second-order valence-electron chi connectivity index (χ2n) is 7.80. The van der Waals surface area contributed by atoms with Crippen molar-refractivity contribution in [2.75, 3.05) is 0 Å². The number of nitrogens with one attached hydrogen (secondary N) is 1. The van der Waals surface area contributed by atoms with Gasteiger partial charge in [-0.1, -0.05) is 24.3 Å². The van der Waals surface area contributed by atoms with Crippen molar-refractivity contribution < 1.29 is 8.42 Å². The quantitative estimate of drug-likeness (QED) is 0.922. The second kappa shape index (κ2) is 5.39. The van der Waals surface area contributed by atoms with E-state index in [2.05, 4.69) is 34.0 Å². The smallest absolute Gasteiger partial charge is 0.242 e. The summed E-state index contributed by atoms with van der Waals surface area (Å²) in [5.74, 6) is 0.796. The minimum Gasteiger partial charge on any atom is -0.263 e. The molecule has 0 aliphatic heterocycles. The molecule has 130 valence electrons. The van der Waals surface area contributed by atoms with Crippen LogP contribution in [-0.4, -0.2) is 19.4 Å². The van der Waals surface area contributed by atoms with E-state index in [9.17, 15) is 8.42 Å². The predicted molar refractivity (Wildman–Crippen MR) is 95.6 cm³/mol. The Labute approximate surface area is 148 Å². The molecule has 5 rings (SSSR count). The fraction of sp³-hybridized carbons (Fsp3) is 0.450. The fourth-order valence-electron chi connectivity index (χ4n) is 5.30. The van der Waals surface area contributed by atoms with Gasteiger partial charge in [0.15, 0.2) is 0 Å². The van der Waals surface area contributed by atoms with Crippen LogP contribution in [0, 0.1) is 11.8 Å². The lowest BCUT2D eigenvalue weighted by Crippen LogP contribution is -2.44. The predicted octanol–water partition coefficient (Wildman–Crippen LogP) is 3.04. The van der Waals surface area contributed by atoms with Gasteiger partial charge in [-0.15, -0.1) is 0 Å². The molecule has 2 bridgehead atoms. The highest BCUT2D eigenvalue weighted by atomic mass is 32.2. The summed E-state index contributed by atoms with van der Waals surface area (Å²) in [7, 11) is -3.52. The zero-order chi connectivity index (χ0) is 17.1. The molecule has 0 radical (unpaired) electrons. The molecule has 2 aromatic rings. The molecule has 0 amide bonds. The van der Waals surface area contributed by atoms with E-state index in [-0.39, 0.29) is 16.4 Å². The first-order chi connectivity index (χ1) is 12.1. The molecular weight excluding hydrogens is 332 g/mol. The van der Waals surface area contributed by atoms with Gasteiger partial charge in [-0.25, -0.2) is 13.1 Å². The van der Waals surface area contributed by atoms with Crippen LogP contribution in [0.4, 0.5) is 0 Å². The standard InChI is InChI=1S/C20H22N2O2S/c23-25(24,16-5-3-11-21-13-16)22-19-15-7-8-18(19)20(9-10-20)17-6-2-1-4-14(17)12-15/h1-6,11,13,15,18-19,22H,7-10,12H2. The topological polar surface area (TPSA) is 59.1 Å². The minimum absolute atomic E-state index is 0.0279. The first-order valence-corrected chi connectivity index (χ1v) is 10.6. The molecule has 5 heteroatoms. The number of benzene rings is 1. The molecule has 3 aliphatic carbocycles. The Morgan fingerprint density at radius 1 is 1.08 bits per heavy atom. The Kier molecular flexibility index (Phi) is 3.35. The summed E-state index contributed by atoms with van der Waals surface area (Å²) in [4.78, 5) is 4.24. The molecule has 2 saturated carbocycles. The van der Waals surface area contributed by atoms with Gasteiger partial charge in [-0.05, 0) is 72.6 Å². The van der Waals surface area contributed by atoms with Gasteiger partial charge in [0.25, 0.3) is 0 Å². The van der Waals surface area contributed by atoms with E-state index in [1.807, 2.05) is 0 Å². The van der Waals surface area contributed by atoms with Crippen molar-refractivity contribution in [2.24, 2.45) is 11.8 Å². The Hall–Kier alpha value is -1.72. The van der Waals surface area contributed by atoms with Crippen molar-refractivity contribution in [3.05, 3.63) is 59.9 Å². The molecule has 1 spiro atoms. The lowest BCUT2D eigenvalue weighted by atomic mass is 9.79. The van der Waals surface area contributed by atoms with Crippen LogP contribution in [-0.2, 0) is 21.9 Å². The van der Waals surface area contributed by atoms with Crippen LogP contribution in [0.15, 0.2) is 53.7 Å². The average Bonchev–Trinajstić information content (AvgIpc) is 3.35. The molecular formula is C20H22N2O2S. The Bertz CT molecular complexity index is 906. The maximum Gasteiger partial charge on any atom is 0.242 e. The molecule has 4 nitrogen and oxygen atoms in total. The molecule has 2 fully saturated rings. The number of fused-ring (bicyclic) bond motifs is 5. The number of pyridine rings is 1. The number of aromatic nitrogens is 1. The van der Waals surface area contributed by atoms with Crippen LogP contribution >= 0.6 is 0 Å². The zero-order valence-electron chi connectivity index (χ0n) is 14.1. The highest BCUT2D eigenvalue weighted by Gasteiger charge is 2.59. The van der Waals surface area contributed by atoms with Gasteiger partial charge < -0.3 is 0 Å². The van der Waals surface area contributed by atoms with E-state index in [4.69, 9.17) is 0 Å². The van der Waals surface area contributed by atoms with E-state index in [0.29, 0.717) is 11.8 Å². The number of sulfonamides is 1. The molecule has 3 aliphatic rings. The molecule has 3 unspecified atom stereocenters. The van der Waals surface area contributed by atoms with Crippen molar-refractivity contribution in [2.45, 2.75) is 48.5 Å². The van der Waals surface area contributed by atoms with E-state index in [0.717, 1.165) is 19.3 Å². The average molecular weight is 354 g/mol. The monoisotopic (exact) mass is 354 g/mol. The van der Waals surface area contributed by atoms with E-state index >= 15 is 0 Å². The third-order valence-corrected chi connectivity index (χ3v) is 8.00. The zero-order valence-corrected chi connectivity index (χ0v) is 14.9. The van der Waals surface area contributed by atoms with Gasteiger partial charge in [0.1, 0.15) is 4.90 Å². The van der Waals surface area contributed by atoms with Crippen molar-refractivity contribution in [3.8, 4) is 0 Å². The molecule has 1 aromatic carbocycles. The van der Waals surface area contributed by atoms with Crippen LogP contribution in [0.25, 0.3) is 0 Å². The van der Waals surface area contributed by atoms with Crippen LogP contribution < -0.4 is 4.72 Å². The van der Waals surface area contributed by atoms with Gasteiger partial charge in [0.05, 0.1) is 0 Å². The summed E-state index contributed by atoms with van der Waals surface area (Å²) < 4.78 is 28.8. The van der Waals surface area contributed by atoms with Gasteiger partial charge in [0, 0.05) is 18.4 Å². The van der Waals surface area contributed by atoms with Gasteiger partial charge in [-0.2, -0.15) is 0 Å². The Balaban J connectivity index is 1.52. The van der Waals surface area contributed by atoms with Crippen LogP contribution in [0.2, 0.25) is 0 Å². The number of hydrogen-bond acceptors (Lipinski definition) is 3. The summed E-state index contributed by atoms with van der Waals surface area (Å²) >= 11 is 0. The third-order valence-electron chi connectivity index (χ3n) is 6.56. The van der Waals surface area contributed by atoms with E-state index < -0.39 is 10.0 Å². The number of hydrogen-bond donors (Lipinski definition) is 1. The lowest BCUT2D eigenvalue weighted by Gasteiger charge is -2.29. The first kappa shape index (κ1) is 15.5. The van der Waals surface area contributed by atoms with Crippen molar-refractivity contribution in [3.63, 3.8) is 0 Å². The van der Waals surface area contributed by atoms with Crippen LogP contribution in [0.1, 0.15) is 36.8 Å². The Morgan fingerprint density at radius 3 is 2.68 bits per heavy atom. The molecule has 0 saturated heterocycles. The van der Waals surface area contributed by atoms with Crippen molar-refractivity contribution in [1.82, 2.24) is 9.71 Å². The third kappa shape index (κ3) is 2.36. The highest BCUT2D eigenvalue weighted by Crippen LogP contribution is 2.62. The van der Waals surface area contributed by atoms with Crippen molar-refractivity contribution >= 4 is 10.0 Å². The summed E-state index contributed by atoms with van der Waals surface area (Å²) in [5.41, 5.74) is 3.11. The summed E-state index contributed by atoms with van der Waals surface area (Å²) in [6, 6.07) is 12.1. The van der Waals surface area contributed by atoms with Gasteiger partial charge in [-0.3, -0.25) is 4.98 Å². The van der Waals surface area contributed by atoms with Crippen LogP contribution in [0.5, 0.6) is 0 Å². The molecule has 25 heavy (non-hydrogen) atoms. The lowest BCUT2D eigenvalue weighted by molar-refractivity contribution is 0.331. The summed E-state index contributed by atoms with van der Waals surface area (Å²) in [5, 5.41) is 0. The van der Waals surface area contributed by atoms with Gasteiger partial charge in [0.2, 0.25) is 10.0 Å². The molecule has 1 aromatic heterocycles. The van der Waals surface area contributed by atoms with E-state index in [1.165, 1.54) is 30.2 Å². The Morgan fingerprint density at radius 2 is 1.92 bits per heavy atom. The fourth-order valence-corrected chi connectivity index (χ4v) is 6.61. The summed E-state index contributed by atoms with van der Waals surface area (Å²) in [6.45, 7) is 0.